The quantitative estimate of drug-likeness (QED) is 0.895. The molecular weight excluding hydrogens is 244 g/mol. The molecule has 0 radical (unpaired) electrons. The van der Waals surface area contributed by atoms with E-state index in [9.17, 15) is 5.11 Å². The number of nitrogens with zero attached hydrogens (tertiary/aromatic N) is 2. The van der Waals surface area contributed by atoms with Crippen molar-refractivity contribution in [3.8, 4) is 11.5 Å². The zero-order valence-corrected chi connectivity index (χ0v) is 11.3. The summed E-state index contributed by atoms with van der Waals surface area (Å²) >= 11 is 0. The predicted molar refractivity (Wildman–Crippen MR) is 71.5 cm³/mol. The van der Waals surface area contributed by atoms with Crippen LogP contribution in [0.3, 0.4) is 0 Å². The molecule has 1 heterocycles. The maximum atomic E-state index is 10.6. The summed E-state index contributed by atoms with van der Waals surface area (Å²) in [6, 6.07) is 7.21. The number of aliphatic hydroxyl groups is 1. The van der Waals surface area contributed by atoms with Gasteiger partial charge in [0.2, 0.25) is 0 Å². The van der Waals surface area contributed by atoms with Crippen molar-refractivity contribution in [2.75, 3.05) is 14.2 Å². The fraction of sp³-hybridized carbons (Fsp3) is 0.357. The molecular formula is C14H18N2O3. The summed E-state index contributed by atoms with van der Waals surface area (Å²) in [5.41, 5.74) is 1.33. The smallest absolute Gasteiger partial charge is 0.128 e. The summed E-state index contributed by atoms with van der Waals surface area (Å²) in [4.78, 5) is 0. The highest BCUT2D eigenvalue weighted by Crippen LogP contribution is 2.37. The first-order valence-corrected chi connectivity index (χ1v) is 6.13. The molecule has 0 fully saturated rings. The van der Waals surface area contributed by atoms with Crippen LogP contribution < -0.4 is 9.47 Å². The van der Waals surface area contributed by atoms with Crippen molar-refractivity contribution in [1.82, 2.24) is 9.78 Å². The van der Waals surface area contributed by atoms with Gasteiger partial charge in [-0.1, -0.05) is 6.07 Å². The predicted octanol–water partition coefficient (Wildman–Crippen LogP) is 2.00. The van der Waals surface area contributed by atoms with Crippen LogP contribution in [0.1, 0.15) is 24.3 Å². The van der Waals surface area contributed by atoms with E-state index in [0.717, 1.165) is 0 Å². The van der Waals surface area contributed by atoms with Gasteiger partial charge < -0.3 is 14.6 Å². The second-order valence-electron chi connectivity index (χ2n) is 4.05. The van der Waals surface area contributed by atoms with Gasteiger partial charge in [-0.05, 0) is 25.1 Å². The fourth-order valence-electron chi connectivity index (χ4n) is 2.14. The zero-order chi connectivity index (χ0) is 13.8. The Morgan fingerprint density at radius 2 is 1.84 bits per heavy atom. The molecule has 1 aromatic heterocycles. The van der Waals surface area contributed by atoms with Gasteiger partial charge in [0.25, 0.3) is 0 Å². The highest BCUT2D eigenvalue weighted by atomic mass is 16.5. The summed E-state index contributed by atoms with van der Waals surface area (Å²) in [5, 5.41) is 14.8. The standard InChI is InChI=1S/C14H18N2O3/c1-4-16-10(8-9-15-16)14(17)13-11(18-2)6-5-7-12(13)19-3/h5-9,14,17H,4H2,1-3H3. The normalized spacial score (nSPS) is 12.2. The summed E-state index contributed by atoms with van der Waals surface area (Å²) < 4.78 is 12.4. The lowest BCUT2D eigenvalue weighted by molar-refractivity contribution is 0.197. The highest BCUT2D eigenvalue weighted by Gasteiger charge is 2.22. The maximum Gasteiger partial charge on any atom is 0.128 e. The van der Waals surface area contributed by atoms with Crippen molar-refractivity contribution in [3.05, 3.63) is 41.7 Å². The van der Waals surface area contributed by atoms with Crippen LogP contribution in [-0.2, 0) is 6.54 Å². The molecule has 0 aliphatic heterocycles. The second kappa shape index (κ2) is 5.75. The average molecular weight is 262 g/mol. The molecule has 1 atom stereocenters. The number of methoxy groups -OCH3 is 2. The Labute approximate surface area is 112 Å². The van der Waals surface area contributed by atoms with Crippen molar-refractivity contribution in [2.24, 2.45) is 0 Å². The van der Waals surface area contributed by atoms with E-state index in [0.29, 0.717) is 29.3 Å². The number of rotatable bonds is 5. The summed E-state index contributed by atoms with van der Waals surface area (Å²) in [6.07, 6.45) is 0.831. The van der Waals surface area contributed by atoms with Crippen molar-refractivity contribution >= 4 is 0 Å². The molecule has 5 heteroatoms. The Kier molecular flexibility index (Phi) is 4.06. The molecule has 1 aromatic carbocycles. The van der Waals surface area contributed by atoms with Crippen LogP contribution in [0.5, 0.6) is 11.5 Å². The molecule has 2 rings (SSSR count). The molecule has 19 heavy (non-hydrogen) atoms. The summed E-state index contributed by atoms with van der Waals surface area (Å²) in [6.45, 7) is 2.67. The first-order valence-electron chi connectivity index (χ1n) is 6.13. The van der Waals surface area contributed by atoms with Gasteiger partial charge in [0, 0.05) is 12.7 Å². The van der Waals surface area contributed by atoms with E-state index in [2.05, 4.69) is 5.10 Å². The molecule has 0 bridgehead atoms. The summed E-state index contributed by atoms with van der Waals surface area (Å²) in [5.74, 6) is 1.19. The Balaban J connectivity index is 2.51. The third kappa shape index (κ3) is 2.42. The fourth-order valence-corrected chi connectivity index (χ4v) is 2.14. The molecule has 1 N–H and O–H groups in total. The number of aromatic nitrogens is 2. The van der Waals surface area contributed by atoms with Crippen molar-refractivity contribution in [1.29, 1.82) is 0 Å². The van der Waals surface area contributed by atoms with Gasteiger partial charge in [0.1, 0.15) is 17.6 Å². The minimum atomic E-state index is -0.839. The van der Waals surface area contributed by atoms with E-state index in [1.807, 2.05) is 13.0 Å². The Morgan fingerprint density at radius 1 is 1.21 bits per heavy atom. The molecule has 0 amide bonds. The Hall–Kier alpha value is -2.01. The van der Waals surface area contributed by atoms with Crippen LogP contribution >= 0.6 is 0 Å². The van der Waals surface area contributed by atoms with Gasteiger partial charge in [-0.2, -0.15) is 5.10 Å². The van der Waals surface area contributed by atoms with Gasteiger partial charge in [-0.25, -0.2) is 0 Å². The lowest BCUT2D eigenvalue weighted by atomic mass is 10.0. The second-order valence-corrected chi connectivity index (χ2v) is 4.05. The zero-order valence-electron chi connectivity index (χ0n) is 11.3. The molecule has 0 saturated heterocycles. The summed E-state index contributed by atoms with van der Waals surface area (Å²) in [7, 11) is 3.14. The third-order valence-electron chi connectivity index (χ3n) is 3.07. The molecule has 2 aromatic rings. The van der Waals surface area contributed by atoms with E-state index in [1.165, 1.54) is 0 Å². The third-order valence-corrected chi connectivity index (χ3v) is 3.07. The molecule has 102 valence electrons. The molecule has 0 aliphatic rings. The van der Waals surface area contributed by atoms with Crippen LogP contribution in [0.25, 0.3) is 0 Å². The van der Waals surface area contributed by atoms with Crippen molar-refractivity contribution in [2.45, 2.75) is 19.6 Å². The lowest BCUT2D eigenvalue weighted by Crippen LogP contribution is -2.11. The van der Waals surface area contributed by atoms with E-state index >= 15 is 0 Å². The van der Waals surface area contributed by atoms with E-state index in [-0.39, 0.29) is 0 Å². The maximum absolute atomic E-state index is 10.6. The SMILES string of the molecule is CCn1nccc1C(O)c1c(OC)cccc1OC. The molecule has 0 saturated carbocycles. The minimum Gasteiger partial charge on any atom is -0.496 e. The van der Waals surface area contributed by atoms with Crippen molar-refractivity contribution in [3.63, 3.8) is 0 Å². The first kappa shape index (κ1) is 13.4. The van der Waals surface area contributed by atoms with E-state index in [1.54, 1.807) is 43.3 Å². The van der Waals surface area contributed by atoms with E-state index < -0.39 is 6.10 Å². The number of ether oxygens (including phenoxy) is 2. The van der Waals surface area contributed by atoms with Crippen LogP contribution in [0.15, 0.2) is 30.5 Å². The number of aliphatic hydroxyl groups excluding tert-OH is 1. The number of benzene rings is 1. The molecule has 1 unspecified atom stereocenters. The van der Waals surface area contributed by atoms with Gasteiger partial charge in [-0.3, -0.25) is 4.68 Å². The minimum absolute atomic E-state index is 0.593. The number of aryl methyl sites for hydroxylation is 1. The number of hydrogen-bond donors (Lipinski definition) is 1. The molecule has 5 nitrogen and oxygen atoms in total. The van der Waals surface area contributed by atoms with E-state index in [4.69, 9.17) is 9.47 Å². The van der Waals surface area contributed by atoms with Crippen LogP contribution in [0.4, 0.5) is 0 Å². The Morgan fingerprint density at radius 3 is 2.37 bits per heavy atom. The largest absolute Gasteiger partial charge is 0.496 e. The van der Waals surface area contributed by atoms with Gasteiger partial charge in [0.15, 0.2) is 0 Å². The van der Waals surface area contributed by atoms with Gasteiger partial charge in [0.05, 0.1) is 25.5 Å². The lowest BCUT2D eigenvalue weighted by Gasteiger charge is -2.18. The number of hydrogen-bond acceptors (Lipinski definition) is 4. The van der Waals surface area contributed by atoms with Gasteiger partial charge >= 0.3 is 0 Å². The topological polar surface area (TPSA) is 56.5 Å². The molecule has 0 aliphatic carbocycles. The van der Waals surface area contributed by atoms with Crippen molar-refractivity contribution < 1.29 is 14.6 Å². The van der Waals surface area contributed by atoms with Crippen LogP contribution in [0.2, 0.25) is 0 Å². The monoisotopic (exact) mass is 262 g/mol. The Bertz CT molecular complexity index is 529. The van der Waals surface area contributed by atoms with Crippen LogP contribution in [0, 0.1) is 0 Å². The molecule has 0 spiro atoms. The average Bonchev–Trinajstić information content (AvgIpc) is 2.93. The van der Waals surface area contributed by atoms with Crippen LogP contribution in [-0.4, -0.2) is 29.1 Å². The first-order chi connectivity index (χ1) is 9.22. The highest BCUT2D eigenvalue weighted by molar-refractivity contribution is 5.48. The van der Waals surface area contributed by atoms with Gasteiger partial charge in [-0.15, -0.1) is 0 Å².